The molecule has 3 atom stereocenters. The number of aliphatic hydroxyl groups is 1. The molecule has 0 aromatic carbocycles. The lowest BCUT2D eigenvalue weighted by atomic mass is 10.0. The van der Waals surface area contributed by atoms with Gasteiger partial charge in [-0.15, -0.1) is 0 Å². The summed E-state index contributed by atoms with van der Waals surface area (Å²) in [6.07, 6.45) is 63.1. The number of rotatable bonds is 55. The Bertz CT molecular complexity index is 1520. The summed E-state index contributed by atoms with van der Waals surface area (Å²) in [4.78, 5) is 48.5. The second-order valence-electron chi connectivity index (χ2n) is 19.8. The summed E-state index contributed by atoms with van der Waals surface area (Å²) < 4.78 is 39.5. The zero-order valence-corrected chi connectivity index (χ0v) is 48.2. The number of aliphatic hydroxyl groups excluding tert-OH is 1. The van der Waals surface area contributed by atoms with E-state index in [0.717, 1.165) is 89.9 Å². The van der Waals surface area contributed by atoms with Crippen LogP contribution < -0.4 is 0 Å². The van der Waals surface area contributed by atoms with E-state index in [4.69, 9.17) is 23.3 Å². The molecule has 0 rings (SSSR count). The summed E-state index contributed by atoms with van der Waals surface area (Å²) in [6, 6.07) is 0. The number of unbranched alkanes of at least 4 members (excludes halogenated alkanes) is 26. The minimum Gasteiger partial charge on any atom is -0.462 e. The molecule has 0 aromatic heterocycles. The molecule has 0 bridgehead atoms. The van der Waals surface area contributed by atoms with E-state index in [1.807, 2.05) is 12.2 Å². The Morgan fingerprint density at radius 3 is 1.16 bits per heavy atom. The van der Waals surface area contributed by atoms with E-state index < -0.39 is 57.8 Å². The molecule has 0 saturated carbocycles. The van der Waals surface area contributed by atoms with E-state index in [1.54, 1.807) is 0 Å². The van der Waals surface area contributed by atoms with Crippen LogP contribution in [0.1, 0.15) is 265 Å². The van der Waals surface area contributed by atoms with Gasteiger partial charge in [0.15, 0.2) is 6.10 Å². The van der Waals surface area contributed by atoms with Crippen LogP contribution in [0.2, 0.25) is 0 Å². The summed E-state index contributed by atoms with van der Waals surface area (Å²) >= 11 is 0. The van der Waals surface area contributed by atoms with Crippen LogP contribution in [0.5, 0.6) is 0 Å². The van der Waals surface area contributed by atoms with E-state index in [9.17, 15) is 28.9 Å². The molecule has 74 heavy (non-hydrogen) atoms. The smallest absolute Gasteiger partial charge is 0.462 e. The molecule has 0 saturated heterocycles. The molecule has 0 fully saturated rings. The monoisotopic (exact) mass is 1060 g/mol. The van der Waals surface area contributed by atoms with Gasteiger partial charge in [-0.1, -0.05) is 241 Å². The van der Waals surface area contributed by atoms with E-state index in [-0.39, 0.29) is 25.9 Å². The lowest BCUT2D eigenvalue weighted by molar-refractivity contribution is -0.161. The highest BCUT2D eigenvalue weighted by molar-refractivity contribution is 7.47. The number of hydrogen-bond acceptors (Lipinski definition) is 10. The lowest BCUT2D eigenvalue weighted by Crippen LogP contribution is -2.30. The van der Waals surface area contributed by atoms with Crippen molar-refractivity contribution in [3.05, 3.63) is 72.9 Å². The Hall–Kier alpha value is -3.08. The third-order valence-electron chi connectivity index (χ3n) is 12.6. The number of phosphoric acid groups is 1. The van der Waals surface area contributed by atoms with Crippen LogP contribution in [-0.4, -0.2) is 66.5 Å². The summed E-state index contributed by atoms with van der Waals surface area (Å²) in [5.41, 5.74) is 0. The van der Waals surface area contributed by atoms with Gasteiger partial charge < -0.3 is 24.2 Å². The molecule has 0 amide bonds. The van der Waals surface area contributed by atoms with Crippen molar-refractivity contribution in [2.24, 2.45) is 0 Å². The van der Waals surface area contributed by atoms with Gasteiger partial charge in [0, 0.05) is 19.3 Å². The predicted octanol–water partition coefficient (Wildman–Crippen LogP) is 17.7. The Morgan fingerprint density at radius 2 is 0.730 bits per heavy atom. The maximum absolute atomic E-state index is 12.9. The molecule has 0 heterocycles. The molecule has 2 N–H and O–H groups in total. The number of allylic oxidation sites excluding steroid dienone is 12. The van der Waals surface area contributed by atoms with Crippen molar-refractivity contribution in [1.29, 1.82) is 0 Å². The minimum absolute atomic E-state index is 0.105. The summed E-state index contributed by atoms with van der Waals surface area (Å²) in [5, 5.41) is 9.82. The van der Waals surface area contributed by atoms with Crippen molar-refractivity contribution in [2.75, 3.05) is 26.4 Å². The Labute approximate surface area is 452 Å². The first-order valence-electron chi connectivity index (χ1n) is 29.8. The lowest BCUT2D eigenvalue weighted by Gasteiger charge is -2.21. The fourth-order valence-corrected chi connectivity index (χ4v) is 8.89. The van der Waals surface area contributed by atoms with Gasteiger partial charge in [0.1, 0.15) is 12.7 Å². The average molecular weight is 1060 g/mol. The molecular formula is C62H109O11P. The van der Waals surface area contributed by atoms with E-state index in [2.05, 4.69) is 81.5 Å². The minimum atomic E-state index is -4.77. The Morgan fingerprint density at radius 1 is 0.392 bits per heavy atom. The van der Waals surface area contributed by atoms with Crippen LogP contribution in [0, 0.1) is 0 Å². The molecule has 0 aliphatic carbocycles. The van der Waals surface area contributed by atoms with Crippen LogP contribution in [0.15, 0.2) is 72.9 Å². The molecular weight excluding hydrogens is 952 g/mol. The summed E-state index contributed by atoms with van der Waals surface area (Å²) in [6.45, 7) is 4.43. The molecule has 0 aromatic rings. The standard InChI is InChI=1S/C62H109O11P/c1-4-7-10-13-16-19-22-25-27-28-29-30-32-35-38-41-44-47-50-53-62(66)73-59(55-69-60(64)51-48-45-42-39-36-33-24-21-18-15-12-9-6-3)57-71-74(67,68)70-56-58(54-63)72-61(65)52-49-46-43-40-37-34-31-26-23-20-17-14-11-8-5-2/h9,12,17-18,20-21,26,31,33,36,42,45,58-59,63H,4-8,10-11,13-16,19,22-25,27-30,32,34-35,37-41,43-44,46-57H2,1-3H3,(H,67,68)/b12-9-,20-17-,21-18-,31-26-,36-33-,45-42-. The van der Waals surface area contributed by atoms with Crippen molar-refractivity contribution in [1.82, 2.24) is 0 Å². The van der Waals surface area contributed by atoms with Gasteiger partial charge >= 0.3 is 25.7 Å². The topological polar surface area (TPSA) is 155 Å². The quantitative estimate of drug-likeness (QED) is 0.0197. The number of hydrogen-bond donors (Lipinski definition) is 2. The molecule has 3 unspecified atom stereocenters. The van der Waals surface area contributed by atoms with Crippen LogP contribution in [0.3, 0.4) is 0 Å². The highest BCUT2D eigenvalue weighted by Crippen LogP contribution is 2.43. The molecule has 0 radical (unpaired) electrons. The molecule has 12 heteroatoms. The van der Waals surface area contributed by atoms with Gasteiger partial charge in [0.05, 0.1) is 19.8 Å². The fourth-order valence-electron chi connectivity index (χ4n) is 8.11. The summed E-state index contributed by atoms with van der Waals surface area (Å²) in [7, 11) is -4.77. The Kier molecular flexibility index (Phi) is 53.8. The highest BCUT2D eigenvalue weighted by atomic mass is 31.2. The first kappa shape index (κ1) is 70.9. The first-order valence-corrected chi connectivity index (χ1v) is 31.3. The highest BCUT2D eigenvalue weighted by Gasteiger charge is 2.28. The van der Waals surface area contributed by atoms with E-state index >= 15 is 0 Å². The van der Waals surface area contributed by atoms with Crippen molar-refractivity contribution in [3.8, 4) is 0 Å². The number of carbonyl (C=O) groups is 3. The fraction of sp³-hybridized carbons (Fsp3) is 0.758. The maximum Gasteiger partial charge on any atom is 0.472 e. The third kappa shape index (κ3) is 53.7. The molecule has 0 aliphatic heterocycles. The van der Waals surface area contributed by atoms with Crippen molar-refractivity contribution in [2.45, 2.75) is 277 Å². The van der Waals surface area contributed by atoms with Gasteiger partial charge in [-0.25, -0.2) is 4.57 Å². The van der Waals surface area contributed by atoms with Crippen LogP contribution in [0.25, 0.3) is 0 Å². The van der Waals surface area contributed by atoms with Gasteiger partial charge in [-0.2, -0.15) is 0 Å². The van der Waals surface area contributed by atoms with E-state index in [1.165, 1.54) is 116 Å². The molecule has 0 spiro atoms. The molecule has 0 aliphatic rings. The van der Waals surface area contributed by atoms with Crippen LogP contribution in [-0.2, 0) is 42.2 Å². The van der Waals surface area contributed by atoms with Gasteiger partial charge in [-0.05, 0) is 77.0 Å². The zero-order chi connectivity index (χ0) is 54.1. The van der Waals surface area contributed by atoms with Crippen molar-refractivity contribution < 1.29 is 52.2 Å². The SMILES string of the molecule is CC/C=C\C/C=C\C/C=C\C/C=C\CCC(=O)OCC(COP(=O)(O)OCC(CO)OC(=O)CCCCCCC/C=C\C/C=C\CCCCC)OC(=O)CCCCCCCCCCCCCCCCCCCCC. The average Bonchev–Trinajstić information content (AvgIpc) is 3.39. The number of ether oxygens (including phenoxy) is 3. The second kappa shape index (κ2) is 56.1. The van der Waals surface area contributed by atoms with E-state index in [0.29, 0.717) is 19.3 Å². The van der Waals surface area contributed by atoms with Crippen molar-refractivity contribution >= 4 is 25.7 Å². The predicted molar refractivity (Wildman–Crippen MR) is 307 cm³/mol. The van der Waals surface area contributed by atoms with Crippen molar-refractivity contribution in [3.63, 3.8) is 0 Å². The molecule has 428 valence electrons. The van der Waals surface area contributed by atoms with Crippen LogP contribution >= 0.6 is 7.82 Å². The zero-order valence-electron chi connectivity index (χ0n) is 47.3. The number of carbonyl (C=O) groups excluding carboxylic acids is 3. The number of phosphoric ester groups is 1. The summed E-state index contributed by atoms with van der Waals surface area (Å²) in [5.74, 6) is -1.57. The first-order chi connectivity index (χ1) is 36.2. The molecule has 11 nitrogen and oxygen atoms in total. The third-order valence-corrected chi connectivity index (χ3v) is 13.6. The van der Waals surface area contributed by atoms with Gasteiger partial charge in [0.2, 0.25) is 0 Å². The number of esters is 3. The Balaban J connectivity index is 4.74. The van der Waals surface area contributed by atoms with Crippen LogP contribution in [0.4, 0.5) is 0 Å². The largest absolute Gasteiger partial charge is 0.472 e. The second-order valence-corrected chi connectivity index (χ2v) is 21.2. The van der Waals surface area contributed by atoms with Gasteiger partial charge in [-0.3, -0.25) is 23.4 Å². The normalized spacial score (nSPS) is 13.9. The van der Waals surface area contributed by atoms with Gasteiger partial charge in [0.25, 0.3) is 0 Å². The maximum atomic E-state index is 12.9.